The van der Waals surface area contributed by atoms with Gasteiger partial charge in [0.2, 0.25) is 0 Å². The molecule has 4 rings (SSSR count). The Morgan fingerprint density at radius 1 is 0.947 bits per heavy atom. The molecule has 194 valence electrons. The van der Waals surface area contributed by atoms with Crippen LogP contribution in [-0.4, -0.2) is 40.1 Å². The summed E-state index contributed by atoms with van der Waals surface area (Å²) in [6.45, 7) is 0.473. The highest BCUT2D eigenvalue weighted by atomic mass is 16.4. The molecule has 0 radical (unpaired) electrons. The SMILES string of the molecule is NC(N)=NCCC[C@H](NC(=O)c1cccn(Cc2ccccc2-c2ccc3ccccc3c2)c1=O)C(=O)O. The number of guanidine groups is 1. The molecule has 0 saturated heterocycles. The molecule has 1 amide bonds. The highest BCUT2D eigenvalue weighted by Crippen LogP contribution is 2.27. The Morgan fingerprint density at radius 3 is 2.45 bits per heavy atom. The van der Waals surface area contributed by atoms with Crippen LogP contribution in [0.3, 0.4) is 0 Å². The number of benzene rings is 3. The Kier molecular flexibility index (Phi) is 8.17. The molecule has 0 bridgehead atoms. The van der Waals surface area contributed by atoms with Gasteiger partial charge in [0.15, 0.2) is 5.96 Å². The predicted octanol–water partition coefficient (Wildman–Crippen LogP) is 2.95. The monoisotopic (exact) mass is 511 g/mol. The smallest absolute Gasteiger partial charge is 0.326 e. The zero-order valence-electron chi connectivity index (χ0n) is 20.7. The zero-order valence-corrected chi connectivity index (χ0v) is 20.7. The van der Waals surface area contributed by atoms with E-state index >= 15 is 0 Å². The number of fused-ring (bicyclic) bond motifs is 1. The van der Waals surface area contributed by atoms with Crippen molar-refractivity contribution in [1.82, 2.24) is 9.88 Å². The van der Waals surface area contributed by atoms with Crippen molar-refractivity contribution >= 4 is 28.6 Å². The number of amides is 1. The summed E-state index contributed by atoms with van der Waals surface area (Å²) in [5.74, 6) is -2.04. The van der Waals surface area contributed by atoms with E-state index in [-0.39, 0.29) is 31.0 Å². The van der Waals surface area contributed by atoms with Crippen LogP contribution in [-0.2, 0) is 11.3 Å². The zero-order chi connectivity index (χ0) is 27.1. The van der Waals surface area contributed by atoms with Gasteiger partial charge < -0.3 is 26.5 Å². The molecule has 4 aromatic rings. The minimum absolute atomic E-state index is 0.0899. The van der Waals surface area contributed by atoms with Crippen LogP contribution in [0.15, 0.2) is 94.8 Å². The average molecular weight is 512 g/mol. The van der Waals surface area contributed by atoms with Crippen molar-refractivity contribution < 1.29 is 14.7 Å². The molecule has 9 heteroatoms. The molecule has 0 aliphatic heterocycles. The number of aromatic nitrogens is 1. The Bertz CT molecular complexity index is 1560. The molecule has 0 spiro atoms. The van der Waals surface area contributed by atoms with Crippen LogP contribution >= 0.6 is 0 Å². The summed E-state index contributed by atoms with van der Waals surface area (Å²) in [6, 6.07) is 23.9. The van der Waals surface area contributed by atoms with E-state index in [1.165, 1.54) is 10.6 Å². The number of carboxylic acid groups (broad SMARTS) is 1. The first-order valence-corrected chi connectivity index (χ1v) is 12.2. The second-order valence-electron chi connectivity index (χ2n) is 8.89. The van der Waals surface area contributed by atoms with Crippen molar-refractivity contribution in [3.05, 3.63) is 107 Å². The second kappa shape index (κ2) is 11.9. The molecule has 1 aromatic heterocycles. The Morgan fingerprint density at radius 2 is 1.68 bits per heavy atom. The van der Waals surface area contributed by atoms with Crippen molar-refractivity contribution in [2.45, 2.75) is 25.4 Å². The van der Waals surface area contributed by atoms with E-state index in [9.17, 15) is 19.5 Å². The third-order valence-corrected chi connectivity index (χ3v) is 6.23. The first-order chi connectivity index (χ1) is 18.3. The second-order valence-corrected chi connectivity index (χ2v) is 8.89. The van der Waals surface area contributed by atoms with E-state index in [0.717, 1.165) is 27.5 Å². The van der Waals surface area contributed by atoms with Gasteiger partial charge in [-0.1, -0.05) is 60.7 Å². The molecule has 1 atom stereocenters. The van der Waals surface area contributed by atoms with Crippen molar-refractivity contribution in [3.8, 4) is 11.1 Å². The lowest BCUT2D eigenvalue weighted by Crippen LogP contribution is -2.43. The maximum atomic E-state index is 13.2. The number of pyridine rings is 1. The molecular formula is C29H29N5O4. The number of nitrogens with one attached hydrogen (secondary N) is 1. The van der Waals surface area contributed by atoms with Crippen molar-refractivity contribution in [2.75, 3.05) is 6.54 Å². The van der Waals surface area contributed by atoms with Gasteiger partial charge in [0.1, 0.15) is 11.6 Å². The lowest BCUT2D eigenvalue weighted by Gasteiger charge is -2.15. The van der Waals surface area contributed by atoms with Gasteiger partial charge in [0.05, 0.1) is 6.54 Å². The molecule has 9 nitrogen and oxygen atoms in total. The number of carbonyl (C=O) groups excluding carboxylic acids is 1. The van der Waals surface area contributed by atoms with E-state index in [0.29, 0.717) is 6.42 Å². The summed E-state index contributed by atoms with van der Waals surface area (Å²) in [5.41, 5.74) is 12.8. The van der Waals surface area contributed by atoms with E-state index in [2.05, 4.69) is 34.6 Å². The minimum Gasteiger partial charge on any atom is -0.480 e. The molecule has 0 unspecified atom stereocenters. The van der Waals surface area contributed by atoms with Gasteiger partial charge in [-0.3, -0.25) is 14.6 Å². The Labute approximate surface area is 219 Å². The molecule has 6 N–H and O–H groups in total. The van der Waals surface area contributed by atoms with Crippen LogP contribution in [0.25, 0.3) is 21.9 Å². The van der Waals surface area contributed by atoms with Gasteiger partial charge in [-0.15, -0.1) is 0 Å². The third kappa shape index (κ3) is 6.25. The molecular weight excluding hydrogens is 482 g/mol. The minimum atomic E-state index is -1.20. The molecule has 38 heavy (non-hydrogen) atoms. The van der Waals surface area contributed by atoms with E-state index in [1.54, 1.807) is 12.3 Å². The molecule has 0 aliphatic carbocycles. The quantitative estimate of drug-likeness (QED) is 0.146. The van der Waals surface area contributed by atoms with Crippen LogP contribution in [0.2, 0.25) is 0 Å². The van der Waals surface area contributed by atoms with Crippen LogP contribution in [0.4, 0.5) is 0 Å². The highest BCUT2D eigenvalue weighted by Gasteiger charge is 2.22. The number of nitrogens with two attached hydrogens (primary N) is 2. The summed E-state index contributed by atoms with van der Waals surface area (Å²) < 4.78 is 1.45. The van der Waals surface area contributed by atoms with Gasteiger partial charge in [-0.2, -0.15) is 0 Å². The summed E-state index contributed by atoms with van der Waals surface area (Å²) in [5, 5.41) is 14.2. The molecule has 0 saturated carbocycles. The van der Waals surface area contributed by atoms with Gasteiger partial charge in [0, 0.05) is 12.7 Å². The fourth-order valence-corrected chi connectivity index (χ4v) is 4.31. The molecule has 1 heterocycles. The Hall–Kier alpha value is -4.92. The summed E-state index contributed by atoms with van der Waals surface area (Å²) >= 11 is 0. The van der Waals surface area contributed by atoms with Crippen LogP contribution < -0.4 is 22.3 Å². The van der Waals surface area contributed by atoms with Gasteiger partial charge in [0.25, 0.3) is 11.5 Å². The standard InChI is InChI=1S/C29H29N5O4/c30-29(31)32-15-5-12-25(28(37)38)33-26(35)24-11-6-16-34(27(24)36)18-22-9-3-4-10-23(22)21-14-13-19-7-1-2-8-20(19)17-21/h1-4,6-11,13-14,16-17,25H,5,12,15,18H2,(H,33,35)(H,37,38)(H4,30,31,32)/t25-/m0/s1. The highest BCUT2D eigenvalue weighted by molar-refractivity contribution is 5.96. The first kappa shape index (κ1) is 26.2. The lowest BCUT2D eigenvalue weighted by atomic mass is 9.97. The fourth-order valence-electron chi connectivity index (χ4n) is 4.31. The van der Waals surface area contributed by atoms with E-state index in [4.69, 9.17) is 11.5 Å². The number of carbonyl (C=O) groups is 2. The average Bonchev–Trinajstić information content (AvgIpc) is 2.91. The molecule has 0 aliphatic rings. The van der Waals surface area contributed by atoms with Crippen molar-refractivity contribution in [3.63, 3.8) is 0 Å². The van der Waals surface area contributed by atoms with E-state index in [1.807, 2.05) is 42.5 Å². The number of aliphatic carboxylic acids is 1. The number of hydrogen-bond acceptors (Lipinski definition) is 4. The summed E-state index contributed by atoms with van der Waals surface area (Å²) in [7, 11) is 0. The van der Waals surface area contributed by atoms with Gasteiger partial charge in [-0.25, -0.2) is 4.79 Å². The molecule has 0 fully saturated rings. The number of rotatable bonds is 10. The van der Waals surface area contributed by atoms with Gasteiger partial charge in [-0.05, 0) is 58.5 Å². The topological polar surface area (TPSA) is 153 Å². The van der Waals surface area contributed by atoms with Crippen molar-refractivity contribution in [1.29, 1.82) is 0 Å². The van der Waals surface area contributed by atoms with Crippen LogP contribution in [0.1, 0.15) is 28.8 Å². The van der Waals surface area contributed by atoms with Crippen LogP contribution in [0, 0.1) is 0 Å². The maximum absolute atomic E-state index is 13.2. The molecule has 3 aromatic carbocycles. The third-order valence-electron chi connectivity index (χ3n) is 6.23. The summed E-state index contributed by atoms with van der Waals surface area (Å²) in [6.07, 6.45) is 2.07. The van der Waals surface area contributed by atoms with Gasteiger partial charge >= 0.3 is 5.97 Å². The predicted molar refractivity (Wildman–Crippen MR) is 148 cm³/mol. The maximum Gasteiger partial charge on any atom is 0.326 e. The lowest BCUT2D eigenvalue weighted by molar-refractivity contribution is -0.139. The largest absolute Gasteiger partial charge is 0.480 e. The summed E-state index contributed by atoms with van der Waals surface area (Å²) in [4.78, 5) is 41.6. The number of carboxylic acids is 1. The Balaban J connectivity index is 1.56. The normalized spacial score (nSPS) is 11.6. The van der Waals surface area contributed by atoms with Crippen molar-refractivity contribution in [2.24, 2.45) is 16.5 Å². The number of nitrogens with zero attached hydrogens (tertiary/aromatic N) is 2. The van der Waals surface area contributed by atoms with E-state index < -0.39 is 23.5 Å². The first-order valence-electron chi connectivity index (χ1n) is 12.2. The number of hydrogen-bond donors (Lipinski definition) is 4. The van der Waals surface area contributed by atoms with Crippen LogP contribution in [0.5, 0.6) is 0 Å². The fraction of sp³-hybridized carbons (Fsp3) is 0.172. The number of aliphatic imine (C=N–C) groups is 1.